The molecule has 0 bridgehead atoms. The van der Waals surface area contributed by atoms with Crippen molar-refractivity contribution in [2.75, 3.05) is 29.5 Å². The molecule has 2 fully saturated rings. The van der Waals surface area contributed by atoms with Crippen LogP contribution in [-0.4, -0.2) is 29.8 Å². The van der Waals surface area contributed by atoms with Crippen molar-refractivity contribution in [1.29, 1.82) is 0 Å². The molecule has 2 aliphatic rings. The summed E-state index contributed by atoms with van der Waals surface area (Å²) in [5, 5.41) is 4.84. The molecule has 4 heterocycles. The maximum atomic E-state index is 6.91. The lowest BCUT2D eigenvalue weighted by Gasteiger charge is -2.33. The highest BCUT2D eigenvalue weighted by Crippen LogP contribution is 2.44. The lowest BCUT2D eigenvalue weighted by atomic mass is 9.98. The van der Waals surface area contributed by atoms with Crippen molar-refractivity contribution < 1.29 is 9.15 Å². The van der Waals surface area contributed by atoms with E-state index in [1.807, 2.05) is 67.6 Å². The first-order valence-electron chi connectivity index (χ1n) is 13.9. The van der Waals surface area contributed by atoms with Crippen molar-refractivity contribution in [1.82, 2.24) is 10.3 Å². The molecule has 1 N–H and O–H groups in total. The molecule has 6 nitrogen and oxygen atoms in total. The molecule has 8 heteroatoms. The summed E-state index contributed by atoms with van der Waals surface area (Å²) in [6.45, 7) is 6.97. The Hall–Kier alpha value is -3.55. The van der Waals surface area contributed by atoms with Crippen LogP contribution in [0.4, 0.5) is 11.4 Å². The minimum atomic E-state index is -0.253. The fourth-order valence-electron chi connectivity index (χ4n) is 5.62. The van der Waals surface area contributed by atoms with Gasteiger partial charge < -0.3 is 24.3 Å². The minimum Gasteiger partial charge on any atom is -0.494 e. The lowest BCUT2D eigenvalue weighted by molar-refractivity contribution is 0.340. The average molecular weight is 573 g/mol. The molecule has 2 saturated heterocycles. The number of pyridine rings is 1. The third kappa shape index (κ3) is 5.28. The predicted molar refractivity (Wildman–Crippen MR) is 165 cm³/mol. The number of rotatable bonds is 7. The molecule has 0 unspecified atom stereocenters. The van der Waals surface area contributed by atoms with Crippen molar-refractivity contribution in [3.05, 3.63) is 95.5 Å². The summed E-state index contributed by atoms with van der Waals surface area (Å²) >= 11 is 12.8. The summed E-state index contributed by atoms with van der Waals surface area (Å²) in [6, 6.07) is 23.7. The summed E-state index contributed by atoms with van der Waals surface area (Å²) < 4.78 is 12.1. The first-order chi connectivity index (χ1) is 19.5. The zero-order valence-corrected chi connectivity index (χ0v) is 24.3. The smallest absolute Gasteiger partial charge is 0.174 e. The number of nitrogens with zero attached hydrogens (tertiary/aromatic N) is 3. The number of benzene rings is 2. The van der Waals surface area contributed by atoms with Crippen molar-refractivity contribution >= 4 is 40.3 Å². The van der Waals surface area contributed by atoms with Gasteiger partial charge in [0.15, 0.2) is 5.11 Å². The Balaban J connectivity index is 1.35. The van der Waals surface area contributed by atoms with Gasteiger partial charge in [-0.15, -0.1) is 0 Å². The first kappa shape index (κ1) is 26.7. The highest BCUT2D eigenvalue weighted by molar-refractivity contribution is 7.80. The summed E-state index contributed by atoms with van der Waals surface area (Å²) in [7, 11) is 0. The molecule has 6 rings (SSSR count). The third-order valence-corrected chi connectivity index (χ3v) is 8.42. The lowest BCUT2D eigenvalue weighted by Crippen LogP contribution is -2.33. The van der Waals surface area contributed by atoms with Gasteiger partial charge in [0, 0.05) is 30.5 Å². The number of thiocarbonyl (C=S) groups is 1. The number of piperidine rings is 1. The highest BCUT2D eigenvalue weighted by atomic mass is 35.5. The molecule has 2 aromatic carbocycles. The number of furan rings is 1. The largest absolute Gasteiger partial charge is 0.494 e. The number of anilines is 2. The van der Waals surface area contributed by atoms with E-state index >= 15 is 0 Å². The van der Waals surface area contributed by atoms with Crippen molar-refractivity contribution in [3.63, 3.8) is 0 Å². The van der Waals surface area contributed by atoms with E-state index in [2.05, 4.69) is 39.2 Å². The Morgan fingerprint density at radius 2 is 1.85 bits per heavy atom. The van der Waals surface area contributed by atoms with Gasteiger partial charge in [-0.25, -0.2) is 0 Å². The van der Waals surface area contributed by atoms with Gasteiger partial charge in [-0.2, -0.15) is 0 Å². The maximum absolute atomic E-state index is 6.91. The first-order valence-corrected chi connectivity index (χ1v) is 14.7. The van der Waals surface area contributed by atoms with Crippen LogP contribution < -0.4 is 19.9 Å². The molecule has 4 aromatic rings. The standard InChI is InChI=1S/C32H33ClN4O2S/c1-3-38-24-10-7-22(8-11-24)28-13-14-29(39-28)31-30(26-6-4-5-17-34-26)35-32(40)37(31)23-9-12-27(25(33)20-23)36-18-15-21(2)16-19-36/h4-14,17,20-21,30-31H,3,15-16,18-19H2,1-2H3,(H,35,40)/t30-,31+/m0/s1. The molecule has 2 atom stereocenters. The van der Waals surface area contributed by atoms with Crippen molar-refractivity contribution in [3.8, 4) is 17.1 Å². The fraction of sp³-hybridized carbons (Fsp3) is 0.312. The van der Waals surface area contributed by atoms with Crippen LogP contribution in [-0.2, 0) is 0 Å². The van der Waals surface area contributed by atoms with E-state index in [0.717, 1.165) is 63.9 Å². The summed E-state index contributed by atoms with van der Waals surface area (Å²) in [6.07, 6.45) is 4.17. The Kier molecular flexibility index (Phi) is 7.67. The molecule has 0 radical (unpaired) electrons. The number of hydrogen-bond acceptors (Lipinski definition) is 5. The summed E-state index contributed by atoms with van der Waals surface area (Å²) in [4.78, 5) is 9.14. The number of hydrogen-bond donors (Lipinski definition) is 1. The Bertz CT molecular complexity index is 1470. The van der Waals surface area contributed by atoms with E-state index in [1.54, 1.807) is 6.20 Å². The Labute approximate surface area is 245 Å². The van der Waals surface area contributed by atoms with E-state index in [9.17, 15) is 0 Å². The molecule has 206 valence electrons. The molecule has 2 aromatic heterocycles. The van der Waals surface area contributed by atoms with E-state index < -0.39 is 0 Å². The van der Waals surface area contributed by atoms with Crippen molar-refractivity contribution in [2.24, 2.45) is 5.92 Å². The molecule has 40 heavy (non-hydrogen) atoms. The summed E-state index contributed by atoms with van der Waals surface area (Å²) in [5.41, 5.74) is 3.86. The second-order valence-corrected chi connectivity index (χ2v) is 11.3. The molecule has 0 amide bonds. The van der Waals surface area contributed by atoms with Crippen molar-refractivity contribution in [2.45, 2.75) is 38.8 Å². The Morgan fingerprint density at radius 1 is 1.05 bits per heavy atom. The SMILES string of the molecule is CCOc1ccc(-c2ccc([C@@H]3[C@H](c4ccccn4)NC(=S)N3c3ccc(N4CCC(C)CC4)c(Cl)c3)o2)cc1. The molecule has 0 spiro atoms. The third-order valence-electron chi connectivity index (χ3n) is 7.80. The Morgan fingerprint density at radius 3 is 2.55 bits per heavy atom. The number of ether oxygens (including phenoxy) is 1. The quantitative estimate of drug-likeness (QED) is 0.227. The van der Waals surface area contributed by atoms with Crippen LogP contribution >= 0.6 is 23.8 Å². The molecule has 2 aliphatic heterocycles. The van der Waals surface area contributed by atoms with E-state index in [-0.39, 0.29) is 12.1 Å². The number of nitrogens with one attached hydrogen (secondary N) is 1. The van der Waals surface area contributed by atoms with Crippen LogP contribution in [0.15, 0.2) is 83.4 Å². The normalized spacial score (nSPS) is 19.6. The maximum Gasteiger partial charge on any atom is 0.174 e. The van der Waals surface area contributed by atoms with E-state index in [1.165, 1.54) is 12.8 Å². The van der Waals surface area contributed by atoms with Gasteiger partial charge in [0.25, 0.3) is 0 Å². The molecule has 0 aliphatic carbocycles. The second-order valence-electron chi connectivity index (χ2n) is 10.5. The molecule has 0 saturated carbocycles. The van der Waals surface area contributed by atoms with Gasteiger partial charge in [-0.3, -0.25) is 4.98 Å². The van der Waals surface area contributed by atoms with Gasteiger partial charge in [0.2, 0.25) is 0 Å². The molecular formula is C32H33ClN4O2S. The zero-order chi connectivity index (χ0) is 27.6. The summed E-state index contributed by atoms with van der Waals surface area (Å²) in [5.74, 6) is 3.16. The van der Waals surface area contributed by atoms with E-state index in [4.69, 9.17) is 33.0 Å². The van der Waals surface area contributed by atoms with Crippen LogP contribution in [0.25, 0.3) is 11.3 Å². The van der Waals surface area contributed by atoms with E-state index in [0.29, 0.717) is 11.7 Å². The number of halogens is 1. The minimum absolute atomic E-state index is 0.199. The second kappa shape index (κ2) is 11.5. The highest BCUT2D eigenvalue weighted by Gasteiger charge is 2.42. The van der Waals surface area contributed by atoms with Crippen LogP contribution in [0.3, 0.4) is 0 Å². The van der Waals surface area contributed by atoms with Crippen LogP contribution in [0.2, 0.25) is 5.02 Å². The van der Waals surface area contributed by atoms with Gasteiger partial charge >= 0.3 is 0 Å². The average Bonchev–Trinajstić information content (AvgIpc) is 3.59. The van der Waals surface area contributed by atoms with Gasteiger partial charge in [-0.05, 0) is 105 Å². The fourth-order valence-corrected chi connectivity index (χ4v) is 6.26. The molecular weight excluding hydrogens is 540 g/mol. The number of aromatic nitrogens is 1. The monoisotopic (exact) mass is 572 g/mol. The van der Waals surface area contributed by atoms with Crippen LogP contribution in [0, 0.1) is 5.92 Å². The van der Waals surface area contributed by atoms with Gasteiger partial charge in [0.05, 0.1) is 29.1 Å². The zero-order valence-electron chi connectivity index (χ0n) is 22.7. The van der Waals surface area contributed by atoms with Crippen LogP contribution in [0.5, 0.6) is 5.75 Å². The topological polar surface area (TPSA) is 53.8 Å². The predicted octanol–water partition coefficient (Wildman–Crippen LogP) is 7.81. The van der Waals surface area contributed by atoms with Crippen LogP contribution in [0.1, 0.15) is 50.2 Å². The van der Waals surface area contributed by atoms with Gasteiger partial charge in [0.1, 0.15) is 23.3 Å². The van der Waals surface area contributed by atoms with Gasteiger partial charge in [-0.1, -0.05) is 24.6 Å².